The molecule has 1 atom stereocenters. The monoisotopic (exact) mass is 356 g/mol. The number of benzene rings is 1. The molecule has 26 heavy (non-hydrogen) atoms. The van der Waals surface area contributed by atoms with Crippen LogP contribution in [-0.4, -0.2) is 52.5 Å². The highest BCUT2D eigenvalue weighted by Gasteiger charge is 2.24. The predicted octanol–water partition coefficient (Wildman–Crippen LogP) is 2.02. The summed E-state index contributed by atoms with van der Waals surface area (Å²) in [6, 6.07) is 9.08. The summed E-state index contributed by atoms with van der Waals surface area (Å²) < 4.78 is 5.70. The quantitative estimate of drug-likeness (QED) is 0.773. The second-order valence-corrected chi connectivity index (χ2v) is 6.46. The lowest BCUT2D eigenvalue weighted by atomic mass is 10.1. The molecule has 7 heteroatoms. The number of rotatable bonds is 6. The summed E-state index contributed by atoms with van der Waals surface area (Å²) >= 11 is 0. The molecule has 0 spiro atoms. The molecule has 1 saturated heterocycles. The van der Waals surface area contributed by atoms with Crippen molar-refractivity contribution in [2.45, 2.75) is 32.9 Å². The van der Waals surface area contributed by atoms with Crippen molar-refractivity contribution in [3.05, 3.63) is 47.3 Å². The van der Waals surface area contributed by atoms with Crippen LogP contribution in [0.3, 0.4) is 0 Å². The van der Waals surface area contributed by atoms with Gasteiger partial charge in [-0.3, -0.25) is 14.7 Å². The second-order valence-electron chi connectivity index (χ2n) is 6.46. The zero-order valence-corrected chi connectivity index (χ0v) is 15.1. The first-order valence-corrected chi connectivity index (χ1v) is 8.87. The van der Waals surface area contributed by atoms with Crippen LogP contribution in [0.15, 0.2) is 30.3 Å². The fraction of sp³-hybridized carbons (Fsp3) is 0.421. The van der Waals surface area contributed by atoms with Crippen molar-refractivity contribution in [1.82, 2.24) is 20.4 Å². The van der Waals surface area contributed by atoms with Crippen molar-refractivity contribution in [3.8, 4) is 5.75 Å². The molecular weight excluding hydrogens is 332 g/mol. The number of ketones is 1. The summed E-state index contributed by atoms with van der Waals surface area (Å²) in [5.41, 5.74) is 1.72. The molecule has 0 aliphatic carbocycles. The standard InChI is InChI=1S/C19H24N4O3/c1-3-15-11-23(8-7-20-15)19(25)18-10-16(21-22-18)12-26-17-6-4-5-14(9-17)13(2)24/h4-6,9-10,15,20H,3,7-8,11-12H2,1-2H3,(H,21,22)/t15-/m1/s1. The van der Waals surface area contributed by atoms with Crippen LogP contribution < -0.4 is 10.1 Å². The molecule has 2 aromatic rings. The minimum Gasteiger partial charge on any atom is -0.487 e. The number of carbonyl (C=O) groups is 2. The third kappa shape index (κ3) is 4.29. The van der Waals surface area contributed by atoms with Gasteiger partial charge in [0.1, 0.15) is 12.4 Å². The number of nitrogens with one attached hydrogen (secondary N) is 2. The van der Waals surface area contributed by atoms with Crippen LogP contribution in [0.4, 0.5) is 0 Å². The Morgan fingerprint density at radius 2 is 2.19 bits per heavy atom. The van der Waals surface area contributed by atoms with Crippen molar-refractivity contribution in [1.29, 1.82) is 0 Å². The Bertz CT molecular complexity index is 787. The molecule has 7 nitrogen and oxygen atoms in total. The van der Waals surface area contributed by atoms with Crippen molar-refractivity contribution < 1.29 is 14.3 Å². The summed E-state index contributed by atoms with van der Waals surface area (Å²) in [5, 5.41) is 10.4. The maximum atomic E-state index is 12.6. The fourth-order valence-corrected chi connectivity index (χ4v) is 2.96. The Morgan fingerprint density at radius 1 is 1.35 bits per heavy atom. The van der Waals surface area contributed by atoms with Crippen LogP contribution in [0.25, 0.3) is 0 Å². The first kappa shape index (κ1) is 18.1. The SMILES string of the molecule is CC[C@@H]1CN(C(=O)c2cc(COc3cccc(C(C)=O)c3)[nH]n2)CCN1. The number of hydrogen-bond donors (Lipinski definition) is 2. The van der Waals surface area contributed by atoms with E-state index in [2.05, 4.69) is 22.4 Å². The van der Waals surface area contributed by atoms with E-state index in [1.54, 1.807) is 30.3 Å². The Morgan fingerprint density at radius 3 is 2.96 bits per heavy atom. The first-order valence-electron chi connectivity index (χ1n) is 8.87. The van der Waals surface area contributed by atoms with Crippen LogP contribution in [0.1, 0.15) is 46.8 Å². The number of ether oxygens (including phenoxy) is 1. The largest absolute Gasteiger partial charge is 0.487 e. The lowest BCUT2D eigenvalue weighted by Gasteiger charge is -2.32. The lowest BCUT2D eigenvalue weighted by Crippen LogP contribution is -2.52. The van der Waals surface area contributed by atoms with Gasteiger partial charge in [0.05, 0.1) is 5.69 Å². The molecule has 0 bridgehead atoms. The number of carbonyl (C=O) groups excluding carboxylic acids is 2. The van der Waals surface area contributed by atoms with E-state index >= 15 is 0 Å². The maximum Gasteiger partial charge on any atom is 0.274 e. The van der Waals surface area contributed by atoms with E-state index in [4.69, 9.17) is 4.74 Å². The smallest absolute Gasteiger partial charge is 0.274 e. The summed E-state index contributed by atoms with van der Waals surface area (Å²) in [7, 11) is 0. The van der Waals surface area contributed by atoms with Gasteiger partial charge in [0.2, 0.25) is 0 Å². The zero-order chi connectivity index (χ0) is 18.5. The highest BCUT2D eigenvalue weighted by Crippen LogP contribution is 2.16. The van der Waals surface area contributed by atoms with E-state index in [0.717, 1.165) is 13.0 Å². The zero-order valence-electron chi connectivity index (χ0n) is 15.1. The molecule has 1 aliphatic rings. The van der Waals surface area contributed by atoms with Gasteiger partial charge in [-0.15, -0.1) is 0 Å². The van der Waals surface area contributed by atoms with Gasteiger partial charge in [-0.2, -0.15) is 5.10 Å². The number of H-pyrrole nitrogens is 1. The van der Waals surface area contributed by atoms with Crippen molar-refractivity contribution in [2.75, 3.05) is 19.6 Å². The van der Waals surface area contributed by atoms with Gasteiger partial charge in [-0.05, 0) is 31.5 Å². The average Bonchev–Trinajstić information content (AvgIpc) is 3.15. The van der Waals surface area contributed by atoms with Crippen LogP contribution in [0.2, 0.25) is 0 Å². The molecule has 1 aromatic carbocycles. The summed E-state index contributed by atoms with van der Waals surface area (Å²) in [4.78, 5) is 25.9. The highest BCUT2D eigenvalue weighted by atomic mass is 16.5. The van der Waals surface area contributed by atoms with E-state index in [-0.39, 0.29) is 18.3 Å². The van der Waals surface area contributed by atoms with Gasteiger partial charge in [0.25, 0.3) is 5.91 Å². The number of aromatic amines is 1. The Kier molecular flexibility index (Phi) is 5.68. The number of nitrogens with zero attached hydrogens (tertiary/aromatic N) is 2. The van der Waals surface area contributed by atoms with Crippen LogP contribution in [0, 0.1) is 0 Å². The topological polar surface area (TPSA) is 87.3 Å². The highest BCUT2D eigenvalue weighted by molar-refractivity contribution is 5.94. The Hall–Kier alpha value is -2.67. The Balaban J connectivity index is 1.60. The van der Waals surface area contributed by atoms with Crippen molar-refractivity contribution in [3.63, 3.8) is 0 Å². The second kappa shape index (κ2) is 8.14. The van der Waals surface area contributed by atoms with Gasteiger partial charge >= 0.3 is 0 Å². The van der Waals surface area contributed by atoms with E-state index in [1.807, 2.05) is 4.90 Å². The number of Topliss-reactive ketones (excluding diaryl/α,β-unsaturated/α-hetero) is 1. The van der Waals surface area contributed by atoms with E-state index in [1.165, 1.54) is 6.92 Å². The summed E-state index contributed by atoms with van der Waals surface area (Å²) in [6.07, 6.45) is 0.989. The molecule has 0 saturated carbocycles. The minimum absolute atomic E-state index is 0.00808. The molecule has 1 amide bonds. The third-order valence-corrected chi connectivity index (χ3v) is 4.52. The van der Waals surface area contributed by atoms with Crippen molar-refractivity contribution in [2.24, 2.45) is 0 Å². The van der Waals surface area contributed by atoms with Crippen molar-refractivity contribution >= 4 is 11.7 Å². The van der Waals surface area contributed by atoms with Gasteiger partial charge in [0, 0.05) is 31.2 Å². The maximum absolute atomic E-state index is 12.6. The number of amides is 1. The van der Waals surface area contributed by atoms with E-state index in [0.29, 0.717) is 41.8 Å². The van der Waals surface area contributed by atoms with E-state index < -0.39 is 0 Å². The summed E-state index contributed by atoms with van der Waals surface area (Å²) in [5.74, 6) is 0.533. The molecule has 2 heterocycles. The molecule has 1 fully saturated rings. The molecule has 1 aromatic heterocycles. The molecule has 1 aliphatic heterocycles. The minimum atomic E-state index is -0.0639. The van der Waals surface area contributed by atoms with Gasteiger partial charge in [0.15, 0.2) is 11.5 Å². The summed E-state index contributed by atoms with van der Waals surface area (Å²) in [6.45, 7) is 6.07. The van der Waals surface area contributed by atoms with Gasteiger partial charge < -0.3 is 15.0 Å². The molecule has 3 rings (SSSR count). The predicted molar refractivity (Wildman–Crippen MR) is 97.4 cm³/mol. The first-order chi connectivity index (χ1) is 12.6. The van der Waals surface area contributed by atoms with Gasteiger partial charge in [-0.1, -0.05) is 19.1 Å². The number of piperazine rings is 1. The number of hydrogen-bond acceptors (Lipinski definition) is 5. The molecule has 0 radical (unpaired) electrons. The van der Waals surface area contributed by atoms with Crippen LogP contribution >= 0.6 is 0 Å². The molecular formula is C19H24N4O3. The lowest BCUT2D eigenvalue weighted by molar-refractivity contribution is 0.0695. The van der Waals surface area contributed by atoms with Crippen LogP contribution in [-0.2, 0) is 6.61 Å². The fourth-order valence-electron chi connectivity index (χ4n) is 2.96. The molecule has 138 valence electrons. The molecule has 2 N–H and O–H groups in total. The Labute approximate surface area is 152 Å². The average molecular weight is 356 g/mol. The normalized spacial score (nSPS) is 17.2. The number of aromatic nitrogens is 2. The molecule has 0 unspecified atom stereocenters. The van der Waals surface area contributed by atoms with Crippen LogP contribution in [0.5, 0.6) is 5.75 Å². The van der Waals surface area contributed by atoms with E-state index in [9.17, 15) is 9.59 Å². The third-order valence-electron chi connectivity index (χ3n) is 4.52. The van der Waals surface area contributed by atoms with Gasteiger partial charge in [-0.25, -0.2) is 0 Å².